The van der Waals surface area contributed by atoms with Gasteiger partial charge in [0.05, 0.1) is 5.71 Å². The number of aliphatic imine (C=N–C) groups is 1. The van der Waals surface area contributed by atoms with Crippen molar-refractivity contribution in [2.75, 3.05) is 0 Å². The van der Waals surface area contributed by atoms with Gasteiger partial charge >= 0.3 is 0 Å². The summed E-state index contributed by atoms with van der Waals surface area (Å²) in [7, 11) is 0. The van der Waals surface area contributed by atoms with Crippen LogP contribution in [0.2, 0.25) is 0 Å². The van der Waals surface area contributed by atoms with Crippen molar-refractivity contribution in [3.05, 3.63) is 58.3 Å². The molecule has 0 radical (unpaired) electrons. The summed E-state index contributed by atoms with van der Waals surface area (Å²) in [6.45, 7) is 7.30. The van der Waals surface area contributed by atoms with Gasteiger partial charge in [0.25, 0.3) is 5.91 Å². The van der Waals surface area contributed by atoms with Crippen molar-refractivity contribution in [2.24, 2.45) is 16.0 Å². The number of allylic oxidation sites excluding steroid dienone is 2. The van der Waals surface area contributed by atoms with E-state index in [1.165, 1.54) is 17.1 Å². The van der Waals surface area contributed by atoms with Gasteiger partial charge in [0.1, 0.15) is 10.8 Å². The van der Waals surface area contributed by atoms with Crippen LogP contribution >= 0.6 is 11.6 Å². The minimum atomic E-state index is -0.397. The molecule has 1 aromatic carbocycles. The zero-order chi connectivity index (χ0) is 18.8. The average Bonchev–Trinajstić information content (AvgIpc) is 3.46. The predicted octanol–water partition coefficient (Wildman–Crippen LogP) is 3.77. The lowest BCUT2D eigenvalue weighted by atomic mass is 10.1. The largest absolute Gasteiger partial charge is 0.348 e. The zero-order valence-electron chi connectivity index (χ0n) is 14.7. The third-order valence-corrected chi connectivity index (χ3v) is 4.81. The van der Waals surface area contributed by atoms with Crippen LogP contribution in [-0.2, 0) is 4.79 Å². The molecule has 1 amide bonds. The number of benzene rings is 1. The molecule has 1 aromatic rings. The summed E-state index contributed by atoms with van der Waals surface area (Å²) in [5.41, 5.74) is 1.98. The number of nitrogens with zero attached hydrogens (tertiary/aromatic N) is 3. The van der Waals surface area contributed by atoms with E-state index in [4.69, 9.17) is 11.6 Å². The van der Waals surface area contributed by atoms with Crippen molar-refractivity contribution >= 4 is 29.9 Å². The molecule has 1 aliphatic heterocycles. The van der Waals surface area contributed by atoms with Crippen molar-refractivity contribution in [1.82, 2.24) is 10.3 Å². The number of hydrogen-bond acceptors (Lipinski definition) is 4. The maximum Gasteiger partial charge on any atom is 0.266 e. The quantitative estimate of drug-likeness (QED) is 0.630. The number of carbonyl (C=O) groups is 1. The van der Waals surface area contributed by atoms with Gasteiger partial charge in [-0.3, -0.25) is 4.79 Å². The monoisotopic (exact) mass is 374 g/mol. The SMILES string of the molecule is C=NN1C(C)=CC(c2ccc(F)cc2)=N/C1=C(/Cl)C(=O)N[C@@H](C)C1CC1. The summed E-state index contributed by atoms with van der Waals surface area (Å²) in [4.78, 5) is 17.0. The Balaban J connectivity index is 1.95. The van der Waals surface area contributed by atoms with Crippen LogP contribution in [0.25, 0.3) is 0 Å². The molecular formula is C19H20ClFN4O. The van der Waals surface area contributed by atoms with Gasteiger partial charge < -0.3 is 5.32 Å². The molecule has 2 aliphatic rings. The molecule has 0 unspecified atom stereocenters. The first kappa shape index (κ1) is 18.3. The van der Waals surface area contributed by atoms with E-state index in [1.54, 1.807) is 18.2 Å². The minimum Gasteiger partial charge on any atom is -0.348 e. The molecule has 1 saturated carbocycles. The first-order valence-corrected chi connectivity index (χ1v) is 8.79. The van der Waals surface area contributed by atoms with Gasteiger partial charge in [-0.1, -0.05) is 11.6 Å². The van der Waals surface area contributed by atoms with Crippen LogP contribution < -0.4 is 5.32 Å². The first-order valence-electron chi connectivity index (χ1n) is 8.41. The number of amides is 1. The van der Waals surface area contributed by atoms with Crippen LogP contribution in [0.3, 0.4) is 0 Å². The molecule has 1 heterocycles. The van der Waals surface area contributed by atoms with Gasteiger partial charge in [0.2, 0.25) is 0 Å². The number of nitrogens with one attached hydrogen (secondary N) is 1. The second kappa shape index (κ2) is 7.41. The molecule has 1 N–H and O–H groups in total. The van der Waals surface area contributed by atoms with Gasteiger partial charge in [0.15, 0.2) is 5.82 Å². The molecule has 7 heteroatoms. The summed E-state index contributed by atoms with van der Waals surface area (Å²) in [6.07, 6.45) is 4.01. The Bertz CT molecular complexity index is 824. The molecule has 1 atom stereocenters. The molecule has 3 rings (SSSR count). The Morgan fingerprint density at radius 2 is 2.08 bits per heavy atom. The number of halogens is 2. The summed E-state index contributed by atoms with van der Waals surface area (Å²) in [5, 5.41) is 8.17. The zero-order valence-corrected chi connectivity index (χ0v) is 15.4. The number of rotatable bonds is 5. The molecule has 0 spiro atoms. The summed E-state index contributed by atoms with van der Waals surface area (Å²) in [5.74, 6) is -0.0242. The highest BCUT2D eigenvalue weighted by Crippen LogP contribution is 2.33. The van der Waals surface area contributed by atoms with E-state index in [1.807, 2.05) is 13.8 Å². The molecular weight excluding hydrogens is 355 g/mol. The summed E-state index contributed by atoms with van der Waals surface area (Å²) >= 11 is 6.34. The van der Waals surface area contributed by atoms with Crippen LogP contribution in [0.1, 0.15) is 32.3 Å². The van der Waals surface area contributed by atoms with Gasteiger partial charge in [-0.25, -0.2) is 14.4 Å². The molecule has 5 nitrogen and oxygen atoms in total. The van der Waals surface area contributed by atoms with Crippen LogP contribution in [0, 0.1) is 11.7 Å². The molecule has 0 saturated heterocycles. The van der Waals surface area contributed by atoms with E-state index in [9.17, 15) is 9.18 Å². The Hall–Kier alpha value is -2.47. The molecule has 0 aromatic heterocycles. The molecule has 1 aliphatic carbocycles. The van der Waals surface area contributed by atoms with E-state index in [2.05, 4.69) is 22.1 Å². The minimum absolute atomic E-state index is 0.0581. The fraction of sp³-hybridized carbons (Fsp3) is 0.316. The smallest absolute Gasteiger partial charge is 0.266 e. The maximum atomic E-state index is 13.2. The lowest BCUT2D eigenvalue weighted by Crippen LogP contribution is -2.35. The topological polar surface area (TPSA) is 57.1 Å². The molecule has 1 fully saturated rings. The number of hydrazone groups is 1. The number of carbonyl (C=O) groups excluding carboxylic acids is 1. The Labute approximate surface area is 156 Å². The maximum absolute atomic E-state index is 13.2. The normalized spacial score (nSPS) is 20.1. The van der Waals surface area contributed by atoms with Crippen LogP contribution in [0.15, 0.2) is 57.0 Å². The Kier molecular flexibility index (Phi) is 5.23. The molecule has 26 heavy (non-hydrogen) atoms. The van der Waals surface area contributed by atoms with E-state index < -0.39 is 5.91 Å². The highest BCUT2D eigenvalue weighted by Gasteiger charge is 2.31. The standard InChI is InChI=1S/C19H20ClFN4O/c1-11-10-16(14-6-8-15(21)9-7-14)24-18(25(11)22-3)17(20)19(26)23-12(2)13-4-5-13/h6-10,12-13H,3-5H2,1-2H3,(H,23,26)/b18-17-/t12-/m0/s1. The summed E-state index contributed by atoms with van der Waals surface area (Å²) < 4.78 is 13.2. The molecule has 0 bridgehead atoms. The number of hydrogen-bond donors (Lipinski definition) is 1. The van der Waals surface area contributed by atoms with Crippen molar-refractivity contribution in [3.63, 3.8) is 0 Å². The summed E-state index contributed by atoms with van der Waals surface area (Å²) in [6, 6.07) is 6.01. The van der Waals surface area contributed by atoms with Gasteiger partial charge in [-0.05, 0) is 62.9 Å². The van der Waals surface area contributed by atoms with Gasteiger partial charge in [-0.2, -0.15) is 5.10 Å². The fourth-order valence-electron chi connectivity index (χ4n) is 2.79. The molecule has 136 valence electrons. The Morgan fingerprint density at radius 3 is 2.65 bits per heavy atom. The van der Waals surface area contributed by atoms with Crippen molar-refractivity contribution in [1.29, 1.82) is 0 Å². The lowest BCUT2D eigenvalue weighted by Gasteiger charge is -2.25. The van der Waals surface area contributed by atoms with Crippen LogP contribution in [0.4, 0.5) is 4.39 Å². The van der Waals surface area contributed by atoms with E-state index in [-0.39, 0.29) is 22.7 Å². The van der Waals surface area contributed by atoms with Crippen LogP contribution in [0.5, 0.6) is 0 Å². The van der Waals surface area contributed by atoms with E-state index in [0.717, 1.165) is 12.8 Å². The van der Waals surface area contributed by atoms with Crippen molar-refractivity contribution in [2.45, 2.75) is 32.7 Å². The second-order valence-corrected chi connectivity index (χ2v) is 6.86. The lowest BCUT2D eigenvalue weighted by molar-refractivity contribution is -0.117. The van der Waals surface area contributed by atoms with Gasteiger partial charge in [-0.15, -0.1) is 0 Å². The average molecular weight is 375 g/mol. The van der Waals surface area contributed by atoms with Crippen molar-refractivity contribution < 1.29 is 9.18 Å². The highest BCUT2D eigenvalue weighted by molar-refractivity contribution is 6.42. The van der Waals surface area contributed by atoms with E-state index >= 15 is 0 Å². The van der Waals surface area contributed by atoms with Gasteiger partial charge in [0, 0.05) is 24.0 Å². The van der Waals surface area contributed by atoms with Crippen molar-refractivity contribution in [3.8, 4) is 0 Å². The van der Waals surface area contributed by atoms with E-state index in [0.29, 0.717) is 22.9 Å². The third kappa shape index (κ3) is 3.85. The predicted molar refractivity (Wildman–Crippen MR) is 101 cm³/mol. The second-order valence-electron chi connectivity index (χ2n) is 6.48. The first-order chi connectivity index (χ1) is 12.4. The van der Waals surface area contributed by atoms with Crippen LogP contribution in [-0.4, -0.2) is 29.4 Å². The Morgan fingerprint density at radius 1 is 1.42 bits per heavy atom. The third-order valence-electron chi connectivity index (χ3n) is 4.47. The fourth-order valence-corrected chi connectivity index (χ4v) is 2.97. The highest BCUT2D eigenvalue weighted by atomic mass is 35.5.